The second-order valence-corrected chi connectivity index (χ2v) is 8.14. The molecule has 0 amide bonds. The van der Waals surface area contributed by atoms with Crippen molar-refractivity contribution in [2.45, 2.75) is 24.7 Å². The van der Waals surface area contributed by atoms with Crippen molar-refractivity contribution in [1.82, 2.24) is 19.9 Å². The number of hydrogen-bond donors (Lipinski definition) is 1. The largest absolute Gasteiger partial charge is 0.301 e. The summed E-state index contributed by atoms with van der Waals surface area (Å²) in [4.78, 5) is 26.6. The van der Waals surface area contributed by atoms with Gasteiger partial charge in [-0.15, -0.1) is 0 Å². The molecule has 27 heavy (non-hydrogen) atoms. The summed E-state index contributed by atoms with van der Waals surface area (Å²) in [5.41, 5.74) is 4.87. The number of aromatic amines is 1. The van der Waals surface area contributed by atoms with Gasteiger partial charge in [-0.2, -0.15) is 0 Å². The highest BCUT2D eigenvalue weighted by Crippen LogP contribution is 2.26. The van der Waals surface area contributed by atoms with Crippen LogP contribution in [0.3, 0.4) is 0 Å². The molecule has 0 saturated carbocycles. The Labute approximate surface area is 170 Å². The molecule has 0 atom stereocenters. The molecule has 0 spiro atoms. The lowest BCUT2D eigenvalue weighted by molar-refractivity contribution is 0.240. The molecule has 3 heterocycles. The average Bonchev–Trinajstić information content (AvgIpc) is 2.69. The SMILES string of the molecule is CSc1nc2c(c(=O)[nH]1)CN(Cc1ccc(-c3ccccc3Br)nc1)CC2. The lowest BCUT2D eigenvalue weighted by Gasteiger charge is -2.27. The molecule has 1 aliphatic heterocycles. The van der Waals surface area contributed by atoms with Crippen LogP contribution in [0.15, 0.2) is 57.0 Å². The smallest absolute Gasteiger partial charge is 0.256 e. The molecule has 0 radical (unpaired) electrons. The van der Waals surface area contributed by atoms with E-state index in [9.17, 15) is 4.79 Å². The predicted octanol–water partition coefficient (Wildman–Crippen LogP) is 3.87. The Bertz CT molecular complexity index is 1020. The molecule has 138 valence electrons. The van der Waals surface area contributed by atoms with E-state index in [4.69, 9.17) is 0 Å². The predicted molar refractivity (Wildman–Crippen MR) is 112 cm³/mol. The first-order valence-electron chi connectivity index (χ1n) is 8.72. The molecule has 7 heteroatoms. The molecule has 3 aromatic rings. The van der Waals surface area contributed by atoms with Crippen LogP contribution in [0, 0.1) is 0 Å². The minimum Gasteiger partial charge on any atom is -0.301 e. The third-order valence-electron chi connectivity index (χ3n) is 4.70. The summed E-state index contributed by atoms with van der Waals surface area (Å²) in [5, 5.41) is 0.694. The second-order valence-electron chi connectivity index (χ2n) is 6.49. The van der Waals surface area contributed by atoms with Gasteiger partial charge in [0.05, 0.1) is 17.0 Å². The Hall–Kier alpha value is -1.96. The molecule has 4 rings (SSSR count). The molecule has 0 unspecified atom stereocenters. The van der Waals surface area contributed by atoms with Gasteiger partial charge in [0.15, 0.2) is 5.16 Å². The van der Waals surface area contributed by atoms with Crippen molar-refractivity contribution < 1.29 is 0 Å². The van der Waals surface area contributed by atoms with E-state index in [1.165, 1.54) is 11.8 Å². The molecular formula is C20H19BrN4OS. The molecule has 0 fully saturated rings. The van der Waals surface area contributed by atoms with Gasteiger partial charge in [-0.25, -0.2) is 4.98 Å². The Balaban J connectivity index is 1.49. The Morgan fingerprint density at radius 2 is 2.11 bits per heavy atom. The number of benzene rings is 1. The number of aromatic nitrogens is 3. The van der Waals surface area contributed by atoms with Crippen LogP contribution in [0.25, 0.3) is 11.3 Å². The Morgan fingerprint density at radius 3 is 2.85 bits per heavy atom. The summed E-state index contributed by atoms with van der Waals surface area (Å²) in [5.74, 6) is 0. The topological polar surface area (TPSA) is 61.9 Å². The first-order valence-corrected chi connectivity index (χ1v) is 10.7. The highest BCUT2D eigenvalue weighted by atomic mass is 79.9. The summed E-state index contributed by atoms with van der Waals surface area (Å²) in [7, 11) is 0. The van der Waals surface area contributed by atoms with Crippen molar-refractivity contribution in [1.29, 1.82) is 0 Å². The molecular weight excluding hydrogens is 424 g/mol. The number of nitrogens with one attached hydrogen (secondary N) is 1. The number of fused-ring (bicyclic) bond motifs is 1. The van der Waals surface area contributed by atoms with Crippen LogP contribution >= 0.6 is 27.7 Å². The highest BCUT2D eigenvalue weighted by molar-refractivity contribution is 9.10. The average molecular weight is 443 g/mol. The quantitative estimate of drug-likeness (QED) is 0.490. The van der Waals surface area contributed by atoms with Gasteiger partial charge in [-0.05, 0) is 24.0 Å². The number of nitrogens with zero attached hydrogens (tertiary/aromatic N) is 3. The van der Waals surface area contributed by atoms with E-state index >= 15 is 0 Å². The van der Waals surface area contributed by atoms with E-state index in [2.05, 4.69) is 47.9 Å². The van der Waals surface area contributed by atoms with Gasteiger partial charge >= 0.3 is 0 Å². The fourth-order valence-electron chi connectivity index (χ4n) is 3.29. The van der Waals surface area contributed by atoms with Crippen molar-refractivity contribution in [3.05, 3.63) is 74.2 Å². The minimum absolute atomic E-state index is 0.0172. The number of rotatable bonds is 4. The van der Waals surface area contributed by atoms with Gasteiger partial charge in [-0.3, -0.25) is 14.7 Å². The number of hydrogen-bond acceptors (Lipinski definition) is 5. The fraction of sp³-hybridized carbons (Fsp3) is 0.250. The van der Waals surface area contributed by atoms with Crippen molar-refractivity contribution >= 4 is 27.7 Å². The summed E-state index contributed by atoms with van der Waals surface area (Å²) in [6, 6.07) is 12.2. The maximum Gasteiger partial charge on any atom is 0.256 e. The van der Waals surface area contributed by atoms with Gasteiger partial charge in [0, 0.05) is 42.3 Å². The molecule has 5 nitrogen and oxygen atoms in total. The molecule has 0 bridgehead atoms. The zero-order valence-electron chi connectivity index (χ0n) is 14.9. The van der Waals surface area contributed by atoms with Crippen molar-refractivity contribution in [2.24, 2.45) is 0 Å². The maximum absolute atomic E-state index is 12.3. The van der Waals surface area contributed by atoms with E-state index in [1.54, 1.807) is 0 Å². The van der Waals surface area contributed by atoms with E-state index in [0.29, 0.717) is 11.7 Å². The number of thioether (sulfide) groups is 1. The van der Waals surface area contributed by atoms with Crippen LogP contribution in [0.1, 0.15) is 16.8 Å². The van der Waals surface area contributed by atoms with Crippen LogP contribution in [0.5, 0.6) is 0 Å². The van der Waals surface area contributed by atoms with Gasteiger partial charge < -0.3 is 4.98 Å². The Kier molecular flexibility index (Phi) is 5.43. The van der Waals surface area contributed by atoms with Gasteiger partial charge in [-0.1, -0.05) is 52.0 Å². The van der Waals surface area contributed by atoms with Gasteiger partial charge in [0.2, 0.25) is 0 Å². The van der Waals surface area contributed by atoms with Gasteiger partial charge in [0.1, 0.15) is 0 Å². The van der Waals surface area contributed by atoms with Crippen molar-refractivity contribution in [2.75, 3.05) is 12.8 Å². The molecule has 1 N–H and O–H groups in total. The van der Waals surface area contributed by atoms with Crippen molar-refractivity contribution in [3.63, 3.8) is 0 Å². The van der Waals surface area contributed by atoms with Gasteiger partial charge in [0.25, 0.3) is 5.56 Å². The molecule has 2 aromatic heterocycles. The molecule has 0 saturated heterocycles. The minimum atomic E-state index is -0.0172. The number of halogens is 1. The molecule has 0 aliphatic carbocycles. The maximum atomic E-state index is 12.3. The van der Waals surface area contributed by atoms with E-state index < -0.39 is 0 Å². The van der Waals surface area contributed by atoms with Crippen LogP contribution in [0.2, 0.25) is 0 Å². The standard InChI is InChI=1S/C20H19BrN4OS/c1-27-20-23-18-8-9-25(12-15(18)19(26)24-20)11-13-6-7-17(22-10-13)14-4-2-3-5-16(14)21/h2-7,10H,8-9,11-12H2,1H3,(H,23,24,26). The number of pyridine rings is 1. The number of H-pyrrole nitrogens is 1. The normalized spacial score (nSPS) is 14.1. The molecule has 1 aromatic carbocycles. The summed E-state index contributed by atoms with van der Waals surface area (Å²) in [6.45, 7) is 2.29. The highest BCUT2D eigenvalue weighted by Gasteiger charge is 2.21. The first kappa shape index (κ1) is 18.4. The van der Waals surface area contributed by atoms with E-state index in [1.807, 2.05) is 36.7 Å². The third kappa shape index (κ3) is 4.00. The lowest BCUT2D eigenvalue weighted by Crippen LogP contribution is -2.35. The van der Waals surface area contributed by atoms with E-state index in [0.717, 1.165) is 52.1 Å². The van der Waals surface area contributed by atoms with Crippen LogP contribution in [-0.4, -0.2) is 32.7 Å². The summed E-state index contributed by atoms with van der Waals surface area (Å²) in [6.07, 6.45) is 4.64. The van der Waals surface area contributed by atoms with Crippen LogP contribution < -0.4 is 5.56 Å². The van der Waals surface area contributed by atoms with Crippen LogP contribution in [0.4, 0.5) is 0 Å². The Morgan fingerprint density at radius 1 is 1.26 bits per heavy atom. The summed E-state index contributed by atoms with van der Waals surface area (Å²) < 4.78 is 1.04. The monoisotopic (exact) mass is 442 g/mol. The molecule has 1 aliphatic rings. The fourth-order valence-corrected chi connectivity index (χ4v) is 4.18. The van der Waals surface area contributed by atoms with E-state index in [-0.39, 0.29) is 5.56 Å². The second kappa shape index (κ2) is 7.96. The van der Waals surface area contributed by atoms with Crippen LogP contribution in [-0.2, 0) is 19.5 Å². The third-order valence-corrected chi connectivity index (χ3v) is 5.97. The first-order chi connectivity index (χ1) is 13.1. The lowest BCUT2D eigenvalue weighted by atomic mass is 10.1. The zero-order chi connectivity index (χ0) is 18.8. The zero-order valence-corrected chi connectivity index (χ0v) is 17.3. The van der Waals surface area contributed by atoms with Crippen molar-refractivity contribution in [3.8, 4) is 11.3 Å². The summed E-state index contributed by atoms with van der Waals surface area (Å²) >= 11 is 5.04.